The van der Waals surface area contributed by atoms with Crippen LogP contribution in [0, 0.1) is 0 Å². The van der Waals surface area contributed by atoms with Crippen molar-refractivity contribution in [2.45, 2.75) is 51.7 Å². The van der Waals surface area contributed by atoms with Gasteiger partial charge in [0.1, 0.15) is 0 Å². The molecule has 0 radical (unpaired) electrons. The topological polar surface area (TPSA) is 24.5 Å². The molecule has 1 aliphatic rings. The maximum atomic E-state index is 5.55. The van der Waals surface area contributed by atoms with Crippen molar-refractivity contribution < 1.29 is 4.74 Å². The number of hydrogen-bond acceptors (Lipinski definition) is 3. The van der Waals surface area contributed by atoms with Crippen molar-refractivity contribution in [3.05, 3.63) is 29.3 Å². The fourth-order valence-electron chi connectivity index (χ4n) is 2.87. The van der Waals surface area contributed by atoms with E-state index < -0.39 is 0 Å². The number of methoxy groups -OCH3 is 1. The van der Waals surface area contributed by atoms with Crippen molar-refractivity contribution in [3.8, 4) is 0 Å². The van der Waals surface area contributed by atoms with Gasteiger partial charge in [-0.2, -0.15) is 0 Å². The van der Waals surface area contributed by atoms with Crippen LogP contribution in [0.5, 0.6) is 0 Å². The quantitative estimate of drug-likeness (QED) is 0.867. The second-order valence-electron chi connectivity index (χ2n) is 6.70. The van der Waals surface area contributed by atoms with Gasteiger partial charge in [-0.1, -0.05) is 12.1 Å². The second kappa shape index (κ2) is 6.80. The van der Waals surface area contributed by atoms with Crippen LogP contribution >= 0.6 is 0 Å². The third-order valence-corrected chi connectivity index (χ3v) is 4.79. The van der Waals surface area contributed by atoms with Crippen molar-refractivity contribution in [1.82, 2.24) is 5.32 Å². The van der Waals surface area contributed by atoms with Crippen molar-refractivity contribution in [3.63, 3.8) is 0 Å². The first kappa shape index (κ1) is 16.3. The zero-order valence-corrected chi connectivity index (χ0v) is 14.2. The lowest BCUT2D eigenvalue weighted by Crippen LogP contribution is -2.35. The van der Waals surface area contributed by atoms with Gasteiger partial charge in [-0.15, -0.1) is 0 Å². The molecule has 1 aromatic rings. The third kappa shape index (κ3) is 3.98. The number of ether oxygens (including phenoxy) is 1. The summed E-state index contributed by atoms with van der Waals surface area (Å²) in [6.07, 6.45) is 3.50. The van der Waals surface area contributed by atoms with E-state index >= 15 is 0 Å². The summed E-state index contributed by atoms with van der Waals surface area (Å²) in [4.78, 5) is 2.52. The van der Waals surface area contributed by atoms with Crippen molar-refractivity contribution in [1.29, 1.82) is 0 Å². The normalized spacial score (nSPS) is 16.7. The predicted molar refractivity (Wildman–Crippen MR) is 90.2 cm³/mol. The Morgan fingerprint density at radius 2 is 2.14 bits per heavy atom. The molecule has 1 aromatic carbocycles. The molecule has 0 fully saturated rings. The summed E-state index contributed by atoms with van der Waals surface area (Å²) in [5, 5.41) is 3.32. The van der Waals surface area contributed by atoms with Gasteiger partial charge in [-0.3, -0.25) is 0 Å². The summed E-state index contributed by atoms with van der Waals surface area (Å²) in [5.74, 6) is 0. The molecule has 1 N–H and O–H groups in total. The number of hydrogen-bond donors (Lipinski definition) is 1. The highest BCUT2D eigenvalue weighted by Gasteiger charge is 2.22. The molecular weight excluding hydrogens is 260 g/mol. The van der Waals surface area contributed by atoms with Crippen LogP contribution in [0.4, 0.5) is 5.69 Å². The van der Waals surface area contributed by atoms with Gasteiger partial charge in [0.15, 0.2) is 0 Å². The van der Waals surface area contributed by atoms with Crippen LogP contribution in [0.25, 0.3) is 0 Å². The van der Waals surface area contributed by atoms with E-state index in [0.29, 0.717) is 6.04 Å². The molecule has 3 heteroatoms. The second-order valence-corrected chi connectivity index (χ2v) is 6.70. The first-order valence-corrected chi connectivity index (χ1v) is 8.07. The van der Waals surface area contributed by atoms with Crippen LogP contribution in [0.2, 0.25) is 0 Å². The first-order valence-electron chi connectivity index (χ1n) is 8.07. The molecule has 0 amide bonds. The number of nitrogens with one attached hydrogen (secondary N) is 1. The zero-order valence-electron chi connectivity index (χ0n) is 14.2. The van der Waals surface area contributed by atoms with Gasteiger partial charge >= 0.3 is 0 Å². The molecule has 0 aliphatic carbocycles. The summed E-state index contributed by atoms with van der Waals surface area (Å²) < 4.78 is 5.55. The van der Waals surface area contributed by atoms with E-state index in [4.69, 9.17) is 4.74 Å². The summed E-state index contributed by atoms with van der Waals surface area (Å²) in [6, 6.07) is 7.36. The molecule has 0 saturated carbocycles. The Morgan fingerprint density at radius 3 is 2.81 bits per heavy atom. The van der Waals surface area contributed by atoms with E-state index in [2.05, 4.69) is 49.2 Å². The molecule has 1 atom stereocenters. The molecule has 21 heavy (non-hydrogen) atoms. The first-order chi connectivity index (χ1) is 9.96. The van der Waals surface area contributed by atoms with Gasteiger partial charge in [0.25, 0.3) is 0 Å². The standard InChI is InChI=1S/C18H30N2O/c1-14(19-4)15-8-9-17-16(13-15)7-6-11-20(17)12-10-18(2,3)21-5/h8-9,13-14,19H,6-7,10-12H2,1-5H3. The zero-order chi connectivity index (χ0) is 15.5. The molecule has 2 rings (SSSR count). The Hall–Kier alpha value is -1.06. The molecule has 118 valence electrons. The van der Waals surface area contributed by atoms with E-state index in [1.54, 1.807) is 7.11 Å². The number of rotatable bonds is 6. The lowest BCUT2D eigenvalue weighted by molar-refractivity contribution is 0.0171. The maximum Gasteiger partial charge on any atom is 0.0639 e. The highest BCUT2D eigenvalue weighted by Crippen LogP contribution is 2.30. The highest BCUT2D eigenvalue weighted by molar-refractivity contribution is 5.57. The molecule has 3 nitrogen and oxygen atoms in total. The fraction of sp³-hybridized carbons (Fsp3) is 0.667. The molecule has 0 spiro atoms. The largest absolute Gasteiger partial charge is 0.379 e. The number of fused-ring (bicyclic) bond motifs is 1. The van der Waals surface area contributed by atoms with Gasteiger partial charge in [0.2, 0.25) is 0 Å². The fourth-order valence-corrected chi connectivity index (χ4v) is 2.87. The van der Waals surface area contributed by atoms with Crippen LogP contribution in [-0.4, -0.2) is 32.8 Å². The SMILES string of the molecule is CNC(C)c1ccc2c(c1)CCCN2CCC(C)(C)OC. The Kier molecular flexibility index (Phi) is 5.28. The Bertz CT molecular complexity index is 470. The monoisotopic (exact) mass is 290 g/mol. The molecule has 1 heterocycles. The van der Waals surface area contributed by atoms with Gasteiger partial charge < -0.3 is 15.0 Å². The van der Waals surface area contributed by atoms with Crippen LogP contribution < -0.4 is 10.2 Å². The molecular formula is C18H30N2O. The minimum Gasteiger partial charge on any atom is -0.379 e. The van der Waals surface area contributed by atoms with E-state index in [1.807, 2.05) is 7.05 Å². The van der Waals surface area contributed by atoms with Crippen molar-refractivity contribution in [2.24, 2.45) is 0 Å². The lowest BCUT2D eigenvalue weighted by Gasteiger charge is -2.34. The van der Waals surface area contributed by atoms with Gasteiger partial charge in [-0.05, 0) is 64.3 Å². The molecule has 0 bridgehead atoms. The average Bonchev–Trinajstić information content (AvgIpc) is 2.51. The minimum absolute atomic E-state index is 0.0435. The van der Waals surface area contributed by atoms with Crippen LogP contribution in [0.15, 0.2) is 18.2 Å². The van der Waals surface area contributed by atoms with Gasteiger partial charge in [0, 0.05) is 31.9 Å². The van der Waals surface area contributed by atoms with Crippen LogP contribution in [-0.2, 0) is 11.2 Å². The number of anilines is 1. The lowest BCUT2D eigenvalue weighted by atomic mass is 9.96. The third-order valence-electron chi connectivity index (χ3n) is 4.79. The van der Waals surface area contributed by atoms with Gasteiger partial charge in [-0.25, -0.2) is 0 Å². The van der Waals surface area contributed by atoms with Crippen LogP contribution in [0.1, 0.15) is 50.8 Å². The van der Waals surface area contributed by atoms with E-state index in [-0.39, 0.29) is 5.60 Å². The Morgan fingerprint density at radius 1 is 1.38 bits per heavy atom. The average molecular weight is 290 g/mol. The highest BCUT2D eigenvalue weighted by atomic mass is 16.5. The predicted octanol–water partition coefficient (Wildman–Crippen LogP) is 3.53. The summed E-state index contributed by atoms with van der Waals surface area (Å²) in [6.45, 7) is 8.76. The molecule has 1 aliphatic heterocycles. The maximum absolute atomic E-state index is 5.55. The van der Waals surface area contributed by atoms with E-state index in [9.17, 15) is 0 Å². The molecule has 0 saturated heterocycles. The van der Waals surface area contributed by atoms with E-state index in [1.165, 1.54) is 29.7 Å². The Labute approximate surface area is 129 Å². The molecule has 0 aromatic heterocycles. The Balaban J connectivity index is 2.12. The van der Waals surface area contributed by atoms with Gasteiger partial charge in [0.05, 0.1) is 5.60 Å². The minimum atomic E-state index is -0.0435. The number of nitrogens with zero attached hydrogens (tertiary/aromatic N) is 1. The summed E-state index contributed by atoms with van der Waals surface area (Å²) in [5.41, 5.74) is 4.25. The smallest absolute Gasteiger partial charge is 0.0639 e. The summed E-state index contributed by atoms with van der Waals surface area (Å²) in [7, 11) is 3.82. The van der Waals surface area contributed by atoms with E-state index in [0.717, 1.165) is 19.5 Å². The summed E-state index contributed by atoms with van der Waals surface area (Å²) >= 11 is 0. The molecule has 1 unspecified atom stereocenters. The number of benzene rings is 1. The van der Waals surface area contributed by atoms with Crippen molar-refractivity contribution >= 4 is 5.69 Å². The number of aryl methyl sites for hydroxylation is 1. The van der Waals surface area contributed by atoms with Crippen LogP contribution in [0.3, 0.4) is 0 Å². The van der Waals surface area contributed by atoms with Crippen molar-refractivity contribution in [2.75, 3.05) is 32.1 Å².